The first-order chi connectivity index (χ1) is 15.2. The van der Waals surface area contributed by atoms with E-state index in [0.29, 0.717) is 5.56 Å². The number of aldehydes is 1. The summed E-state index contributed by atoms with van der Waals surface area (Å²) in [6.45, 7) is 4.03. The van der Waals surface area contributed by atoms with Gasteiger partial charge in [0.25, 0.3) is 0 Å². The molecule has 0 unspecified atom stereocenters. The number of alkyl halides is 3. The zero-order valence-electron chi connectivity index (χ0n) is 18.0. The van der Waals surface area contributed by atoms with Crippen LogP contribution < -0.4 is 5.32 Å². The Morgan fingerprint density at radius 2 is 1.59 bits per heavy atom. The molecule has 6 heteroatoms. The lowest BCUT2D eigenvalue weighted by Crippen LogP contribution is -2.04. The number of fused-ring (bicyclic) bond motifs is 1. The Kier molecular flexibility index (Phi) is 6.93. The van der Waals surface area contributed by atoms with Crippen molar-refractivity contribution in [3.8, 4) is 11.1 Å². The number of nitrogens with zero attached hydrogens (tertiary/aromatic N) is 1. The van der Waals surface area contributed by atoms with Crippen LogP contribution in [0.2, 0.25) is 0 Å². The van der Waals surface area contributed by atoms with Gasteiger partial charge in [-0.15, -0.1) is 0 Å². The van der Waals surface area contributed by atoms with Crippen molar-refractivity contribution in [1.29, 1.82) is 0 Å². The number of benzene rings is 3. The monoisotopic (exact) mass is 436 g/mol. The maximum absolute atomic E-state index is 12.8. The smallest absolute Gasteiger partial charge is 0.373 e. The fraction of sp³-hybridized carbons (Fsp3) is 0.154. The molecule has 0 fully saturated rings. The Bertz CT molecular complexity index is 1250. The number of pyridine rings is 1. The summed E-state index contributed by atoms with van der Waals surface area (Å²) in [6, 6.07) is 20.2. The fourth-order valence-corrected chi connectivity index (χ4v) is 3.16. The third-order valence-electron chi connectivity index (χ3n) is 5.14. The van der Waals surface area contributed by atoms with Gasteiger partial charge in [0, 0.05) is 18.0 Å². The van der Waals surface area contributed by atoms with Crippen LogP contribution in [0.3, 0.4) is 0 Å². The first-order valence-electron chi connectivity index (χ1n) is 10.00. The molecule has 0 radical (unpaired) electrons. The van der Waals surface area contributed by atoms with E-state index in [-0.39, 0.29) is 0 Å². The number of aromatic nitrogens is 1. The van der Waals surface area contributed by atoms with Crippen LogP contribution in [0.1, 0.15) is 27.0 Å². The lowest BCUT2D eigenvalue weighted by molar-refractivity contribution is -0.137. The molecule has 4 rings (SSSR count). The van der Waals surface area contributed by atoms with Crippen molar-refractivity contribution in [2.75, 3.05) is 12.4 Å². The first kappa shape index (κ1) is 23.0. The Balaban J connectivity index is 0.000000243. The van der Waals surface area contributed by atoms with Gasteiger partial charge in [-0.05, 0) is 78.6 Å². The predicted molar refractivity (Wildman–Crippen MR) is 123 cm³/mol. The number of anilines is 1. The number of carbonyl (C=O) groups excluding carboxylic acids is 1. The van der Waals surface area contributed by atoms with Crippen LogP contribution in [0.4, 0.5) is 19.0 Å². The number of halogens is 3. The van der Waals surface area contributed by atoms with Gasteiger partial charge < -0.3 is 5.32 Å². The van der Waals surface area contributed by atoms with Crippen LogP contribution >= 0.6 is 0 Å². The van der Waals surface area contributed by atoms with Gasteiger partial charge in [-0.2, -0.15) is 13.2 Å². The van der Waals surface area contributed by atoms with Crippen molar-refractivity contribution in [1.82, 2.24) is 4.98 Å². The van der Waals surface area contributed by atoms with E-state index in [2.05, 4.69) is 10.3 Å². The van der Waals surface area contributed by atoms with E-state index in [9.17, 15) is 18.0 Å². The minimum atomic E-state index is -4.34. The predicted octanol–water partition coefficient (Wildman–Crippen LogP) is 7.08. The summed E-state index contributed by atoms with van der Waals surface area (Å²) < 4.78 is 38.4. The summed E-state index contributed by atoms with van der Waals surface area (Å²) in [5.41, 5.74) is 4.57. The molecule has 0 atom stereocenters. The van der Waals surface area contributed by atoms with Gasteiger partial charge in [-0.25, -0.2) is 4.98 Å². The second-order valence-electron chi connectivity index (χ2n) is 7.39. The summed E-state index contributed by atoms with van der Waals surface area (Å²) in [4.78, 5) is 14.7. The fourth-order valence-electron chi connectivity index (χ4n) is 3.16. The number of hydrogen-bond acceptors (Lipinski definition) is 3. The minimum Gasteiger partial charge on any atom is -0.373 e. The van der Waals surface area contributed by atoms with E-state index in [0.717, 1.165) is 46.3 Å². The van der Waals surface area contributed by atoms with Gasteiger partial charge in [-0.3, -0.25) is 4.79 Å². The molecule has 0 aliphatic rings. The van der Waals surface area contributed by atoms with E-state index in [1.165, 1.54) is 17.2 Å². The highest BCUT2D eigenvalue weighted by molar-refractivity contribution is 5.85. The molecule has 3 aromatic carbocycles. The third kappa shape index (κ3) is 5.52. The highest BCUT2D eigenvalue weighted by atomic mass is 19.4. The molecule has 0 saturated heterocycles. The summed E-state index contributed by atoms with van der Waals surface area (Å²) in [6.07, 6.45) is -3.47. The van der Waals surface area contributed by atoms with Gasteiger partial charge in [0.1, 0.15) is 12.1 Å². The highest BCUT2D eigenvalue weighted by Gasteiger charge is 2.30. The third-order valence-corrected chi connectivity index (χ3v) is 5.14. The molecular weight excluding hydrogens is 413 g/mol. The molecule has 0 aliphatic heterocycles. The maximum atomic E-state index is 12.8. The van der Waals surface area contributed by atoms with Crippen molar-refractivity contribution < 1.29 is 18.0 Å². The van der Waals surface area contributed by atoms with Crippen LogP contribution in [0, 0.1) is 13.8 Å². The minimum absolute atomic E-state index is 0.536. The highest BCUT2D eigenvalue weighted by Crippen LogP contribution is 2.33. The van der Waals surface area contributed by atoms with Gasteiger partial charge in [0.05, 0.1) is 11.1 Å². The Labute approximate surface area is 184 Å². The van der Waals surface area contributed by atoms with Crippen molar-refractivity contribution in [2.45, 2.75) is 20.0 Å². The van der Waals surface area contributed by atoms with Crippen molar-refractivity contribution in [2.24, 2.45) is 0 Å². The Morgan fingerprint density at radius 1 is 0.844 bits per heavy atom. The lowest BCUT2D eigenvalue weighted by Gasteiger charge is -2.09. The molecular formula is C26H23F3N2O. The topological polar surface area (TPSA) is 42.0 Å². The normalized spacial score (nSPS) is 10.9. The van der Waals surface area contributed by atoms with Gasteiger partial charge >= 0.3 is 6.18 Å². The molecule has 0 amide bonds. The average Bonchev–Trinajstić information content (AvgIpc) is 2.80. The number of carbonyl (C=O) groups is 1. The Hall–Kier alpha value is -3.67. The Morgan fingerprint density at radius 3 is 2.25 bits per heavy atom. The van der Waals surface area contributed by atoms with Gasteiger partial charge in [0.2, 0.25) is 0 Å². The molecule has 32 heavy (non-hydrogen) atoms. The summed E-state index contributed by atoms with van der Waals surface area (Å²) in [5, 5.41) is 3.84. The van der Waals surface area contributed by atoms with Crippen molar-refractivity contribution >= 4 is 23.0 Å². The molecule has 4 aromatic rings. The van der Waals surface area contributed by atoms with Crippen LogP contribution in [-0.2, 0) is 6.18 Å². The van der Waals surface area contributed by atoms with Crippen LogP contribution in [0.15, 0.2) is 72.8 Å². The number of rotatable bonds is 3. The largest absolute Gasteiger partial charge is 0.416 e. The lowest BCUT2D eigenvalue weighted by atomic mass is 10.0. The summed E-state index contributed by atoms with van der Waals surface area (Å²) in [7, 11) is 1.78. The van der Waals surface area contributed by atoms with E-state index in [4.69, 9.17) is 0 Å². The number of hydrogen-bond donors (Lipinski definition) is 1. The molecule has 0 aliphatic carbocycles. The van der Waals surface area contributed by atoms with Crippen molar-refractivity contribution in [3.05, 3.63) is 95.1 Å². The van der Waals surface area contributed by atoms with E-state index in [1.54, 1.807) is 19.2 Å². The van der Waals surface area contributed by atoms with Crippen molar-refractivity contribution in [3.63, 3.8) is 0 Å². The van der Waals surface area contributed by atoms with E-state index < -0.39 is 11.7 Å². The van der Waals surface area contributed by atoms with Gasteiger partial charge in [0.15, 0.2) is 0 Å². The molecule has 1 N–H and O–H groups in total. The summed E-state index contributed by atoms with van der Waals surface area (Å²) in [5.74, 6) is 0.749. The standard InChI is InChI=1S/C17H13F3N2.C9H10O/c1-21-16-8-6-13-9-12(5-7-15(13)22-16)11-3-2-4-14(10-11)17(18,19)20;1-7-3-4-9(6-10)5-8(7)2/h2-10H,1H3,(H,21,22);3-6H,1-2H3. The first-order valence-corrected chi connectivity index (χ1v) is 10.00. The zero-order chi connectivity index (χ0) is 23.3. The SMILES string of the molecule is CNc1ccc2cc(-c3cccc(C(F)(F)F)c3)ccc2n1.Cc1ccc(C=O)cc1C. The van der Waals surface area contributed by atoms with E-state index in [1.807, 2.05) is 56.3 Å². The maximum Gasteiger partial charge on any atom is 0.416 e. The van der Waals surface area contributed by atoms with Crippen LogP contribution in [-0.4, -0.2) is 18.3 Å². The molecule has 0 saturated carbocycles. The second kappa shape index (κ2) is 9.64. The zero-order valence-corrected chi connectivity index (χ0v) is 18.0. The molecule has 0 bridgehead atoms. The number of aryl methyl sites for hydroxylation is 2. The van der Waals surface area contributed by atoms with Crippen LogP contribution in [0.25, 0.3) is 22.0 Å². The molecule has 3 nitrogen and oxygen atoms in total. The molecule has 0 spiro atoms. The van der Waals surface area contributed by atoms with Gasteiger partial charge in [-0.1, -0.05) is 30.3 Å². The van der Waals surface area contributed by atoms with E-state index >= 15 is 0 Å². The quantitative estimate of drug-likeness (QED) is 0.349. The molecule has 1 aromatic heterocycles. The number of nitrogens with one attached hydrogen (secondary N) is 1. The molecule has 164 valence electrons. The second-order valence-corrected chi connectivity index (χ2v) is 7.39. The average molecular weight is 436 g/mol. The summed E-state index contributed by atoms with van der Waals surface area (Å²) >= 11 is 0. The van der Waals surface area contributed by atoms with Crippen LogP contribution in [0.5, 0.6) is 0 Å². The molecule has 1 heterocycles.